The van der Waals surface area contributed by atoms with E-state index < -0.39 is 5.97 Å². The lowest BCUT2D eigenvalue weighted by atomic mass is 9.93. The van der Waals surface area contributed by atoms with Crippen molar-refractivity contribution in [3.8, 4) is 0 Å². The Labute approximate surface area is 155 Å². The molecule has 0 radical (unpaired) electrons. The molecule has 0 atom stereocenters. The van der Waals surface area contributed by atoms with Crippen LogP contribution in [0.2, 0.25) is 0 Å². The Kier molecular flexibility index (Phi) is 6.62. The Bertz CT molecular complexity index is 699. The highest BCUT2D eigenvalue weighted by atomic mass is 16.5. The van der Waals surface area contributed by atoms with Gasteiger partial charge in [-0.3, -0.25) is 9.59 Å². The molecule has 1 fully saturated rings. The van der Waals surface area contributed by atoms with Gasteiger partial charge in [-0.25, -0.2) is 4.79 Å². The number of hydrogen-bond donors (Lipinski definition) is 0. The maximum absolute atomic E-state index is 13.1. The van der Waals surface area contributed by atoms with Crippen LogP contribution < -0.4 is 0 Å². The average molecular weight is 362 g/mol. The third kappa shape index (κ3) is 3.84. The number of methoxy groups -OCH3 is 1. The first kappa shape index (κ1) is 20.2. The van der Waals surface area contributed by atoms with Crippen molar-refractivity contribution < 1.29 is 19.1 Å². The number of ketones is 1. The zero-order valence-corrected chi connectivity index (χ0v) is 16.6. The van der Waals surface area contributed by atoms with E-state index in [9.17, 15) is 14.4 Å². The molecule has 0 unspecified atom stereocenters. The fraction of sp³-hybridized carbons (Fsp3) is 0.650. The van der Waals surface area contributed by atoms with E-state index in [4.69, 9.17) is 4.74 Å². The topological polar surface area (TPSA) is 68.6 Å². The number of amides is 1. The van der Waals surface area contributed by atoms with Crippen LogP contribution in [-0.2, 0) is 16.6 Å². The standard InChI is InChI=1S/C20H30N2O4/c1-6-17(24)22(15-10-8-7-9-11-15)12-16(23)18-13(2)19(20(25)26-5)21(4)14(18)3/h15H,6-12H2,1-5H3. The molecule has 6 heteroatoms. The van der Waals surface area contributed by atoms with Gasteiger partial charge in [-0.15, -0.1) is 0 Å². The Hall–Kier alpha value is -2.11. The van der Waals surface area contributed by atoms with Crippen LogP contribution >= 0.6 is 0 Å². The van der Waals surface area contributed by atoms with Gasteiger partial charge in [0.05, 0.1) is 13.7 Å². The molecule has 1 aromatic heterocycles. The van der Waals surface area contributed by atoms with Crippen LogP contribution in [0.4, 0.5) is 0 Å². The molecule has 6 nitrogen and oxygen atoms in total. The van der Waals surface area contributed by atoms with Gasteiger partial charge in [0.2, 0.25) is 5.91 Å². The normalized spacial score (nSPS) is 15.0. The minimum atomic E-state index is -0.457. The van der Waals surface area contributed by atoms with Gasteiger partial charge in [-0.1, -0.05) is 26.2 Å². The number of ether oxygens (including phenoxy) is 1. The van der Waals surface area contributed by atoms with Gasteiger partial charge in [0.25, 0.3) is 0 Å². The highest BCUT2D eigenvalue weighted by molar-refractivity contribution is 6.04. The number of nitrogens with zero attached hydrogens (tertiary/aromatic N) is 2. The summed E-state index contributed by atoms with van der Waals surface area (Å²) in [6.07, 6.45) is 5.70. The van der Waals surface area contributed by atoms with E-state index >= 15 is 0 Å². The number of carbonyl (C=O) groups excluding carboxylic acids is 3. The molecule has 1 heterocycles. The first-order valence-corrected chi connectivity index (χ1v) is 9.40. The van der Waals surface area contributed by atoms with E-state index in [1.807, 2.05) is 13.8 Å². The molecule has 0 aromatic carbocycles. The molecule has 0 spiro atoms. The minimum Gasteiger partial charge on any atom is -0.464 e. The first-order chi connectivity index (χ1) is 12.3. The fourth-order valence-corrected chi connectivity index (χ4v) is 4.02. The molecule has 0 N–H and O–H groups in total. The SMILES string of the molecule is CCC(=O)N(CC(=O)c1c(C)c(C(=O)OC)n(C)c1C)C1CCCCC1. The van der Waals surface area contributed by atoms with Crippen LogP contribution in [-0.4, -0.2) is 46.8 Å². The van der Waals surface area contributed by atoms with E-state index in [0.717, 1.165) is 31.4 Å². The summed E-state index contributed by atoms with van der Waals surface area (Å²) < 4.78 is 6.54. The number of esters is 1. The molecule has 2 rings (SSSR count). The van der Waals surface area contributed by atoms with Crippen molar-refractivity contribution in [1.29, 1.82) is 0 Å². The highest BCUT2D eigenvalue weighted by Crippen LogP contribution is 2.26. The van der Waals surface area contributed by atoms with Gasteiger partial charge in [-0.2, -0.15) is 0 Å². The van der Waals surface area contributed by atoms with Gasteiger partial charge < -0.3 is 14.2 Å². The molecule has 1 aliphatic carbocycles. The van der Waals surface area contributed by atoms with Crippen molar-refractivity contribution in [3.63, 3.8) is 0 Å². The van der Waals surface area contributed by atoms with Gasteiger partial charge in [0, 0.05) is 30.8 Å². The van der Waals surface area contributed by atoms with Crippen molar-refractivity contribution in [1.82, 2.24) is 9.47 Å². The third-order valence-corrected chi connectivity index (χ3v) is 5.54. The number of aromatic nitrogens is 1. The van der Waals surface area contributed by atoms with Crippen LogP contribution in [0.3, 0.4) is 0 Å². The quantitative estimate of drug-likeness (QED) is 0.576. The molecule has 0 aliphatic heterocycles. The largest absolute Gasteiger partial charge is 0.464 e. The molecule has 1 saturated carbocycles. The second kappa shape index (κ2) is 8.52. The van der Waals surface area contributed by atoms with Crippen molar-refractivity contribution in [2.75, 3.05) is 13.7 Å². The summed E-state index contributed by atoms with van der Waals surface area (Å²) in [6, 6.07) is 0.143. The first-order valence-electron chi connectivity index (χ1n) is 9.40. The third-order valence-electron chi connectivity index (χ3n) is 5.54. The Morgan fingerprint density at radius 3 is 2.31 bits per heavy atom. The zero-order valence-electron chi connectivity index (χ0n) is 16.6. The lowest BCUT2D eigenvalue weighted by Crippen LogP contribution is -2.44. The number of carbonyl (C=O) groups is 3. The molecular formula is C20H30N2O4. The second-order valence-electron chi connectivity index (χ2n) is 7.07. The van der Waals surface area contributed by atoms with Gasteiger partial charge in [0.15, 0.2) is 5.78 Å². The van der Waals surface area contributed by atoms with Crippen molar-refractivity contribution in [3.05, 3.63) is 22.5 Å². The second-order valence-corrected chi connectivity index (χ2v) is 7.07. The molecule has 1 aliphatic rings. The van der Waals surface area contributed by atoms with E-state index in [1.54, 1.807) is 23.4 Å². The minimum absolute atomic E-state index is 0.0182. The van der Waals surface area contributed by atoms with Crippen molar-refractivity contribution in [2.24, 2.45) is 7.05 Å². The summed E-state index contributed by atoms with van der Waals surface area (Å²) in [6.45, 7) is 5.49. The number of rotatable bonds is 6. The van der Waals surface area contributed by atoms with Crippen LogP contribution in [0.25, 0.3) is 0 Å². The molecule has 26 heavy (non-hydrogen) atoms. The lowest BCUT2D eigenvalue weighted by Gasteiger charge is -2.34. The Morgan fingerprint density at radius 2 is 1.77 bits per heavy atom. The van der Waals surface area contributed by atoms with E-state index in [1.165, 1.54) is 13.5 Å². The summed E-state index contributed by atoms with van der Waals surface area (Å²) in [5.41, 5.74) is 2.26. The number of Topliss-reactive ketones (excluding diaryl/α,β-unsaturated/α-hetero) is 1. The van der Waals surface area contributed by atoms with Crippen molar-refractivity contribution >= 4 is 17.7 Å². The molecule has 144 valence electrons. The van der Waals surface area contributed by atoms with Crippen molar-refractivity contribution in [2.45, 2.75) is 65.3 Å². The molecule has 0 saturated heterocycles. The van der Waals surface area contributed by atoms with Crippen LogP contribution in [0, 0.1) is 13.8 Å². The summed E-state index contributed by atoms with van der Waals surface area (Å²) in [5, 5.41) is 0. The highest BCUT2D eigenvalue weighted by Gasteiger charge is 2.30. The van der Waals surface area contributed by atoms with Gasteiger partial charge >= 0.3 is 5.97 Å². The lowest BCUT2D eigenvalue weighted by molar-refractivity contribution is -0.133. The van der Waals surface area contributed by atoms with Gasteiger partial charge in [-0.05, 0) is 32.3 Å². The monoisotopic (exact) mass is 362 g/mol. The fourth-order valence-electron chi connectivity index (χ4n) is 4.02. The Morgan fingerprint density at radius 1 is 1.15 bits per heavy atom. The summed E-state index contributed by atoms with van der Waals surface area (Å²) in [5.74, 6) is -0.552. The molecule has 1 aromatic rings. The van der Waals surface area contributed by atoms with Crippen LogP contribution in [0.15, 0.2) is 0 Å². The maximum atomic E-state index is 13.1. The predicted molar refractivity (Wildman–Crippen MR) is 99.4 cm³/mol. The van der Waals surface area contributed by atoms with E-state index in [0.29, 0.717) is 23.2 Å². The zero-order chi connectivity index (χ0) is 19.4. The van der Waals surface area contributed by atoms with E-state index in [-0.39, 0.29) is 24.3 Å². The molecule has 1 amide bonds. The number of hydrogen-bond acceptors (Lipinski definition) is 4. The predicted octanol–water partition coefficient (Wildman–Crippen LogP) is 3.18. The molecule has 0 bridgehead atoms. The maximum Gasteiger partial charge on any atom is 0.354 e. The molecular weight excluding hydrogens is 332 g/mol. The van der Waals surface area contributed by atoms with Crippen LogP contribution in [0.5, 0.6) is 0 Å². The smallest absolute Gasteiger partial charge is 0.354 e. The van der Waals surface area contributed by atoms with Crippen LogP contribution in [0.1, 0.15) is 77.6 Å². The average Bonchev–Trinajstić information content (AvgIpc) is 2.88. The summed E-state index contributed by atoms with van der Waals surface area (Å²) >= 11 is 0. The van der Waals surface area contributed by atoms with E-state index in [2.05, 4.69) is 0 Å². The summed E-state index contributed by atoms with van der Waals surface area (Å²) in [7, 11) is 3.08. The van der Waals surface area contributed by atoms with Gasteiger partial charge in [0.1, 0.15) is 5.69 Å². The Balaban J connectivity index is 2.32. The summed E-state index contributed by atoms with van der Waals surface area (Å²) in [4.78, 5) is 39.3.